The molecule has 0 spiro atoms. The Balaban J connectivity index is 0.00000242. The second-order valence-corrected chi connectivity index (χ2v) is 5.13. The fourth-order valence-electron chi connectivity index (χ4n) is 2.35. The van der Waals surface area contributed by atoms with E-state index in [0.717, 1.165) is 31.2 Å². The Morgan fingerprint density at radius 1 is 1.18 bits per heavy atom. The van der Waals surface area contributed by atoms with Gasteiger partial charge in [0.15, 0.2) is 5.96 Å². The number of nitrogens with zero attached hydrogens (tertiary/aromatic N) is 2. The van der Waals surface area contributed by atoms with Gasteiger partial charge in [0.2, 0.25) is 5.91 Å². The molecule has 0 radical (unpaired) electrons. The lowest BCUT2D eigenvalue weighted by atomic mass is 10.2. The van der Waals surface area contributed by atoms with Gasteiger partial charge in [-0.3, -0.25) is 4.79 Å². The van der Waals surface area contributed by atoms with Crippen molar-refractivity contribution in [2.45, 2.75) is 26.3 Å². The smallest absolute Gasteiger partial charge is 0.242 e. The van der Waals surface area contributed by atoms with Crippen molar-refractivity contribution in [1.29, 1.82) is 0 Å². The van der Waals surface area contributed by atoms with E-state index in [1.807, 2.05) is 37.3 Å². The van der Waals surface area contributed by atoms with E-state index in [2.05, 4.69) is 20.5 Å². The molecular weight excluding hydrogens is 391 g/mol. The van der Waals surface area contributed by atoms with E-state index in [-0.39, 0.29) is 36.4 Å². The summed E-state index contributed by atoms with van der Waals surface area (Å²) in [7, 11) is 0. The first-order valence-electron chi connectivity index (χ1n) is 7.63. The summed E-state index contributed by atoms with van der Waals surface area (Å²) in [6.45, 7) is 5.64. The molecule has 22 heavy (non-hydrogen) atoms. The molecule has 1 aromatic rings. The molecule has 1 amide bonds. The molecule has 5 nitrogen and oxygen atoms in total. The third-order valence-electron chi connectivity index (χ3n) is 3.45. The molecule has 0 atom stereocenters. The van der Waals surface area contributed by atoms with E-state index < -0.39 is 0 Å². The van der Waals surface area contributed by atoms with E-state index in [9.17, 15) is 4.79 Å². The molecule has 2 N–H and O–H groups in total. The van der Waals surface area contributed by atoms with Crippen molar-refractivity contribution in [1.82, 2.24) is 15.5 Å². The number of likely N-dealkylation sites (tertiary alicyclic amines) is 1. The predicted molar refractivity (Wildman–Crippen MR) is 100 cm³/mol. The maximum absolute atomic E-state index is 11.9. The quantitative estimate of drug-likeness (QED) is 0.439. The van der Waals surface area contributed by atoms with E-state index in [1.165, 1.54) is 12.8 Å². The zero-order valence-corrected chi connectivity index (χ0v) is 15.4. The number of hydrogen-bond acceptors (Lipinski definition) is 2. The number of carbonyl (C=O) groups excluding carboxylic acids is 1. The minimum atomic E-state index is -0.0477. The molecule has 1 saturated heterocycles. The predicted octanol–water partition coefficient (Wildman–Crippen LogP) is 1.98. The molecule has 0 unspecified atom stereocenters. The highest BCUT2D eigenvalue weighted by Crippen LogP contribution is 2.07. The number of nitrogens with one attached hydrogen (secondary N) is 2. The van der Waals surface area contributed by atoms with Gasteiger partial charge in [-0.05, 0) is 25.3 Å². The van der Waals surface area contributed by atoms with Gasteiger partial charge < -0.3 is 15.5 Å². The van der Waals surface area contributed by atoms with Crippen LogP contribution in [0, 0.1) is 0 Å². The van der Waals surface area contributed by atoms with Crippen molar-refractivity contribution < 1.29 is 4.79 Å². The minimum absolute atomic E-state index is 0. The molecule has 1 aliphatic heterocycles. The van der Waals surface area contributed by atoms with Gasteiger partial charge in [0, 0.05) is 26.2 Å². The van der Waals surface area contributed by atoms with Crippen LogP contribution < -0.4 is 10.6 Å². The number of guanidine groups is 1. The minimum Gasteiger partial charge on any atom is -0.357 e. The van der Waals surface area contributed by atoms with Crippen molar-refractivity contribution in [3.8, 4) is 0 Å². The number of rotatable bonds is 5. The van der Waals surface area contributed by atoms with Crippen LogP contribution in [0.15, 0.2) is 35.3 Å². The molecule has 1 fully saturated rings. The highest BCUT2D eigenvalue weighted by Gasteiger charge is 2.15. The fourth-order valence-corrected chi connectivity index (χ4v) is 2.35. The topological polar surface area (TPSA) is 56.7 Å². The maximum atomic E-state index is 11.9. The van der Waals surface area contributed by atoms with Crippen LogP contribution in [0.5, 0.6) is 0 Å². The van der Waals surface area contributed by atoms with Gasteiger partial charge in [0.05, 0.1) is 0 Å². The average Bonchev–Trinajstić information content (AvgIpc) is 3.04. The Morgan fingerprint density at radius 3 is 2.50 bits per heavy atom. The second-order valence-electron chi connectivity index (χ2n) is 5.13. The van der Waals surface area contributed by atoms with Gasteiger partial charge in [-0.2, -0.15) is 0 Å². The van der Waals surface area contributed by atoms with Crippen molar-refractivity contribution in [2.75, 3.05) is 26.2 Å². The van der Waals surface area contributed by atoms with Crippen LogP contribution in [0.25, 0.3) is 0 Å². The molecule has 2 rings (SSSR count). The van der Waals surface area contributed by atoms with E-state index in [4.69, 9.17) is 0 Å². The van der Waals surface area contributed by atoms with Crippen LogP contribution in [-0.2, 0) is 11.3 Å². The number of aliphatic imine (C=N–C) groups is 1. The normalized spacial score (nSPS) is 14.4. The Morgan fingerprint density at radius 2 is 1.86 bits per heavy atom. The summed E-state index contributed by atoms with van der Waals surface area (Å²) in [5.74, 6) is 0.804. The molecule has 122 valence electrons. The summed E-state index contributed by atoms with van der Waals surface area (Å²) in [4.78, 5) is 18.5. The second kappa shape index (κ2) is 10.4. The number of hydrogen-bond donors (Lipinski definition) is 2. The summed E-state index contributed by atoms with van der Waals surface area (Å²) in [6.07, 6.45) is 2.40. The lowest BCUT2D eigenvalue weighted by Gasteiger charge is -2.20. The Labute approximate surface area is 149 Å². The molecule has 0 aliphatic carbocycles. The maximum Gasteiger partial charge on any atom is 0.242 e. The van der Waals surface area contributed by atoms with Crippen molar-refractivity contribution in [3.63, 3.8) is 0 Å². The Bertz CT molecular complexity index is 472. The van der Waals surface area contributed by atoms with Gasteiger partial charge >= 0.3 is 0 Å². The highest BCUT2D eigenvalue weighted by molar-refractivity contribution is 14.0. The molecular formula is C16H25IN4O. The lowest BCUT2D eigenvalue weighted by Crippen LogP contribution is -2.40. The van der Waals surface area contributed by atoms with Crippen LogP contribution >= 0.6 is 24.0 Å². The molecule has 0 saturated carbocycles. The third-order valence-corrected chi connectivity index (χ3v) is 3.45. The number of carbonyl (C=O) groups is 1. The molecule has 1 aromatic carbocycles. The zero-order chi connectivity index (χ0) is 14.9. The van der Waals surface area contributed by atoms with Gasteiger partial charge in [-0.1, -0.05) is 30.3 Å². The molecule has 0 bridgehead atoms. The van der Waals surface area contributed by atoms with E-state index >= 15 is 0 Å². The first kappa shape index (κ1) is 18.7. The standard InChI is InChI=1S/C16H24N4O.HI/c1-2-17-16(20-10-6-7-11-20)19-13-15(21)18-12-14-8-4-3-5-9-14;/h3-5,8-9H,2,6-7,10-13H2,1H3,(H,17,19)(H,18,21);1H. The largest absolute Gasteiger partial charge is 0.357 e. The van der Waals surface area contributed by atoms with Crippen LogP contribution in [-0.4, -0.2) is 42.9 Å². The van der Waals surface area contributed by atoms with Gasteiger partial charge in [0.1, 0.15) is 6.54 Å². The molecule has 1 heterocycles. The van der Waals surface area contributed by atoms with Crippen molar-refractivity contribution in [2.24, 2.45) is 4.99 Å². The van der Waals surface area contributed by atoms with Crippen molar-refractivity contribution in [3.05, 3.63) is 35.9 Å². The molecule has 0 aromatic heterocycles. The Kier molecular flexibility index (Phi) is 8.88. The van der Waals surface area contributed by atoms with Crippen LogP contribution in [0.4, 0.5) is 0 Å². The number of benzene rings is 1. The van der Waals surface area contributed by atoms with Crippen LogP contribution in [0.2, 0.25) is 0 Å². The van der Waals surface area contributed by atoms with E-state index in [0.29, 0.717) is 6.54 Å². The van der Waals surface area contributed by atoms with Gasteiger partial charge in [-0.25, -0.2) is 4.99 Å². The summed E-state index contributed by atoms with van der Waals surface area (Å²) in [6, 6.07) is 9.90. The summed E-state index contributed by atoms with van der Waals surface area (Å²) in [5.41, 5.74) is 1.10. The van der Waals surface area contributed by atoms with Crippen LogP contribution in [0.3, 0.4) is 0 Å². The molecule has 1 aliphatic rings. The zero-order valence-electron chi connectivity index (χ0n) is 13.0. The first-order chi connectivity index (χ1) is 10.3. The number of halogens is 1. The highest BCUT2D eigenvalue weighted by atomic mass is 127. The van der Waals surface area contributed by atoms with Crippen molar-refractivity contribution >= 4 is 35.8 Å². The summed E-state index contributed by atoms with van der Waals surface area (Å²) >= 11 is 0. The lowest BCUT2D eigenvalue weighted by molar-refractivity contribution is -0.119. The first-order valence-corrected chi connectivity index (χ1v) is 7.63. The molecule has 6 heteroatoms. The third kappa shape index (κ3) is 6.21. The average molecular weight is 416 g/mol. The van der Waals surface area contributed by atoms with Gasteiger partial charge in [-0.15, -0.1) is 24.0 Å². The SMILES string of the molecule is CCNC(=NCC(=O)NCc1ccccc1)N1CCCC1.I. The Hall–Kier alpha value is -1.31. The summed E-state index contributed by atoms with van der Waals surface area (Å²) < 4.78 is 0. The number of amides is 1. The van der Waals surface area contributed by atoms with E-state index in [1.54, 1.807) is 0 Å². The van der Waals surface area contributed by atoms with Gasteiger partial charge in [0.25, 0.3) is 0 Å². The summed E-state index contributed by atoms with van der Waals surface area (Å²) in [5, 5.41) is 6.14. The monoisotopic (exact) mass is 416 g/mol. The van der Waals surface area contributed by atoms with Crippen LogP contribution in [0.1, 0.15) is 25.3 Å². The fraction of sp³-hybridized carbons (Fsp3) is 0.500.